The zero-order chi connectivity index (χ0) is 19.6. The number of benzene rings is 1. The molecule has 0 saturated carbocycles. The lowest BCUT2D eigenvalue weighted by molar-refractivity contribution is -0.143. The molecule has 1 aliphatic rings. The van der Waals surface area contributed by atoms with E-state index in [0.717, 1.165) is 11.8 Å². The Labute approximate surface area is 154 Å². The number of urea groups is 1. The summed E-state index contributed by atoms with van der Waals surface area (Å²) in [6, 6.07) is 7.07. The van der Waals surface area contributed by atoms with Crippen molar-refractivity contribution < 1.29 is 19.5 Å². The Bertz CT molecular complexity index is 651. The van der Waals surface area contributed by atoms with E-state index >= 15 is 0 Å². The van der Waals surface area contributed by atoms with Crippen LogP contribution in [0.15, 0.2) is 30.3 Å². The molecule has 1 N–H and O–H groups in total. The fraction of sp³-hybridized carbons (Fsp3) is 0.550. The van der Waals surface area contributed by atoms with Crippen molar-refractivity contribution in [3.63, 3.8) is 0 Å². The maximum Gasteiger partial charge on any atom is 0.326 e. The lowest BCUT2D eigenvalue weighted by Gasteiger charge is -2.39. The fourth-order valence-corrected chi connectivity index (χ4v) is 4.09. The van der Waals surface area contributed by atoms with Gasteiger partial charge in [0.2, 0.25) is 0 Å². The fourth-order valence-electron chi connectivity index (χ4n) is 4.09. The Morgan fingerprint density at radius 2 is 1.65 bits per heavy atom. The molecule has 2 rings (SSSR count). The molecule has 6 heteroatoms. The number of rotatable bonds is 5. The van der Waals surface area contributed by atoms with Crippen LogP contribution in [0.4, 0.5) is 4.79 Å². The molecule has 142 valence electrons. The van der Waals surface area contributed by atoms with Crippen LogP contribution in [-0.2, 0) is 9.59 Å². The predicted molar refractivity (Wildman–Crippen MR) is 98.7 cm³/mol. The van der Waals surface area contributed by atoms with Crippen LogP contribution in [-0.4, -0.2) is 51.3 Å². The van der Waals surface area contributed by atoms with E-state index in [1.807, 2.05) is 58.0 Å². The van der Waals surface area contributed by atoms with Crippen LogP contribution in [0.2, 0.25) is 0 Å². The van der Waals surface area contributed by atoms with Crippen LogP contribution >= 0.6 is 0 Å². The molecule has 0 spiro atoms. The first-order valence-corrected chi connectivity index (χ1v) is 9.06. The average molecular weight is 360 g/mol. The molecule has 2 amide bonds. The second-order valence-electron chi connectivity index (χ2n) is 7.50. The number of carbonyl (C=O) groups excluding carboxylic acids is 2. The summed E-state index contributed by atoms with van der Waals surface area (Å²) in [4.78, 5) is 40.3. The summed E-state index contributed by atoms with van der Waals surface area (Å²) in [5, 5.41) is 9.81. The third-order valence-electron chi connectivity index (χ3n) is 5.17. The molecule has 1 aliphatic heterocycles. The van der Waals surface area contributed by atoms with Crippen molar-refractivity contribution in [2.45, 2.75) is 58.8 Å². The number of likely N-dealkylation sites (tertiary alicyclic amines) is 1. The Morgan fingerprint density at radius 3 is 2.08 bits per heavy atom. The van der Waals surface area contributed by atoms with Gasteiger partial charge in [0.1, 0.15) is 12.3 Å². The highest BCUT2D eigenvalue weighted by molar-refractivity contribution is 5.86. The number of aliphatic carboxylic acids is 1. The second kappa shape index (κ2) is 7.89. The van der Waals surface area contributed by atoms with Crippen molar-refractivity contribution in [1.29, 1.82) is 0 Å². The van der Waals surface area contributed by atoms with Gasteiger partial charge in [0.05, 0.1) is 6.04 Å². The number of nitrogens with zero attached hydrogens (tertiary/aromatic N) is 2. The summed E-state index contributed by atoms with van der Waals surface area (Å²) in [6.07, 6.45) is 0.792. The van der Waals surface area contributed by atoms with E-state index in [1.54, 1.807) is 11.8 Å². The molecule has 0 bridgehead atoms. The molecule has 1 heterocycles. The molecule has 0 radical (unpaired) electrons. The topological polar surface area (TPSA) is 77.9 Å². The average Bonchev–Trinajstić information content (AvgIpc) is 2.87. The van der Waals surface area contributed by atoms with Crippen molar-refractivity contribution in [2.24, 2.45) is 11.8 Å². The smallest absolute Gasteiger partial charge is 0.326 e. The standard InChI is InChI=1S/C20H28N2O4/c1-12(2)21(13(3)4)20(26)22-17(19(24)25)14(5)16(11-23)18(22)15-9-7-6-8-10-15/h6-14,16-18H,1-5H3,(H,24,25)/t14-,16-,17-,18-/m0/s1. The van der Waals surface area contributed by atoms with Crippen LogP contribution in [0.5, 0.6) is 0 Å². The number of carboxylic acid groups (broad SMARTS) is 1. The summed E-state index contributed by atoms with van der Waals surface area (Å²) in [5.74, 6) is -2.12. The molecule has 0 aromatic heterocycles. The zero-order valence-electron chi connectivity index (χ0n) is 16.0. The van der Waals surface area contributed by atoms with Gasteiger partial charge < -0.3 is 19.7 Å². The summed E-state index contributed by atoms with van der Waals surface area (Å²) in [5.41, 5.74) is 0.779. The molecule has 6 nitrogen and oxygen atoms in total. The SMILES string of the molecule is CC(C)N(C(=O)N1[C@H](C(=O)O)[C@@H](C)[C@H](C=O)[C@@H]1c1ccccc1)C(C)C. The van der Waals surface area contributed by atoms with Gasteiger partial charge in [0.25, 0.3) is 0 Å². The van der Waals surface area contributed by atoms with Gasteiger partial charge >= 0.3 is 12.0 Å². The monoisotopic (exact) mass is 360 g/mol. The van der Waals surface area contributed by atoms with Crippen LogP contribution in [0.25, 0.3) is 0 Å². The summed E-state index contributed by atoms with van der Waals surface area (Å²) < 4.78 is 0. The van der Waals surface area contributed by atoms with E-state index in [4.69, 9.17) is 0 Å². The molecule has 26 heavy (non-hydrogen) atoms. The van der Waals surface area contributed by atoms with Crippen molar-refractivity contribution in [1.82, 2.24) is 9.80 Å². The van der Waals surface area contributed by atoms with E-state index < -0.39 is 29.9 Å². The minimum absolute atomic E-state index is 0.0843. The van der Waals surface area contributed by atoms with E-state index in [0.29, 0.717) is 0 Å². The van der Waals surface area contributed by atoms with Gasteiger partial charge in [-0.2, -0.15) is 0 Å². The van der Waals surface area contributed by atoms with E-state index in [2.05, 4.69) is 0 Å². The number of hydrogen-bond donors (Lipinski definition) is 1. The number of hydrogen-bond acceptors (Lipinski definition) is 3. The molecule has 1 aromatic carbocycles. The van der Waals surface area contributed by atoms with Crippen molar-refractivity contribution in [2.75, 3.05) is 0 Å². The van der Waals surface area contributed by atoms with Crippen molar-refractivity contribution in [3.05, 3.63) is 35.9 Å². The van der Waals surface area contributed by atoms with Crippen molar-refractivity contribution in [3.8, 4) is 0 Å². The van der Waals surface area contributed by atoms with Gasteiger partial charge in [0, 0.05) is 18.0 Å². The highest BCUT2D eigenvalue weighted by Gasteiger charge is 2.53. The first-order valence-electron chi connectivity index (χ1n) is 9.06. The zero-order valence-corrected chi connectivity index (χ0v) is 16.0. The van der Waals surface area contributed by atoms with Crippen LogP contribution in [0.1, 0.15) is 46.2 Å². The summed E-state index contributed by atoms with van der Waals surface area (Å²) >= 11 is 0. The van der Waals surface area contributed by atoms with Gasteiger partial charge in [-0.3, -0.25) is 0 Å². The minimum Gasteiger partial charge on any atom is -0.480 e. The van der Waals surface area contributed by atoms with E-state index in [9.17, 15) is 19.5 Å². The highest BCUT2D eigenvalue weighted by Crippen LogP contribution is 2.44. The Balaban J connectivity index is 2.59. The van der Waals surface area contributed by atoms with Crippen LogP contribution < -0.4 is 0 Å². The predicted octanol–water partition coefficient (Wildman–Crippen LogP) is 3.19. The summed E-state index contributed by atoms with van der Waals surface area (Å²) in [7, 11) is 0. The molecule has 4 atom stereocenters. The first-order chi connectivity index (χ1) is 12.2. The molecule has 1 aromatic rings. The second-order valence-corrected chi connectivity index (χ2v) is 7.50. The third kappa shape index (κ3) is 3.45. The number of aldehydes is 1. The van der Waals surface area contributed by atoms with Gasteiger partial charge in [-0.25, -0.2) is 9.59 Å². The Morgan fingerprint density at radius 1 is 1.12 bits per heavy atom. The van der Waals surface area contributed by atoms with Gasteiger partial charge in [-0.1, -0.05) is 37.3 Å². The van der Waals surface area contributed by atoms with Crippen molar-refractivity contribution >= 4 is 18.3 Å². The minimum atomic E-state index is -1.08. The molecule has 0 unspecified atom stereocenters. The maximum atomic E-state index is 13.4. The van der Waals surface area contributed by atoms with E-state index in [1.165, 1.54) is 4.90 Å². The number of amides is 2. The first kappa shape index (κ1) is 19.9. The number of carbonyl (C=O) groups is 3. The van der Waals surface area contributed by atoms with Gasteiger partial charge in [-0.15, -0.1) is 0 Å². The molecule has 1 fully saturated rings. The van der Waals surface area contributed by atoms with Crippen LogP contribution in [0, 0.1) is 11.8 Å². The van der Waals surface area contributed by atoms with Gasteiger partial charge in [0.15, 0.2) is 0 Å². The lowest BCUT2D eigenvalue weighted by Crippen LogP contribution is -2.54. The van der Waals surface area contributed by atoms with Gasteiger partial charge in [-0.05, 0) is 39.2 Å². The highest BCUT2D eigenvalue weighted by atomic mass is 16.4. The van der Waals surface area contributed by atoms with E-state index in [-0.39, 0.29) is 18.1 Å². The Hall–Kier alpha value is -2.37. The molecular formula is C20H28N2O4. The third-order valence-corrected chi connectivity index (χ3v) is 5.17. The number of carboxylic acids is 1. The lowest BCUT2D eigenvalue weighted by atomic mass is 9.87. The maximum absolute atomic E-state index is 13.4. The normalized spacial score (nSPS) is 25.6. The quantitative estimate of drug-likeness (QED) is 0.818. The van der Waals surface area contributed by atoms with Crippen LogP contribution in [0.3, 0.4) is 0 Å². The molecule has 1 saturated heterocycles. The Kier molecular flexibility index (Phi) is 6.05. The largest absolute Gasteiger partial charge is 0.480 e. The molecular weight excluding hydrogens is 332 g/mol. The summed E-state index contributed by atoms with van der Waals surface area (Å²) in [6.45, 7) is 9.35. The molecule has 0 aliphatic carbocycles.